The van der Waals surface area contributed by atoms with Gasteiger partial charge in [0.05, 0.1) is 47.4 Å². The average Bonchev–Trinajstić information content (AvgIpc) is 2.66. The number of carbonyl (C=O) groups is 2. The highest BCUT2D eigenvalue weighted by atomic mass is 16.2. The number of fused-ring (bicyclic) bond motifs is 4. The Morgan fingerprint density at radius 3 is 1.58 bits per heavy atom. The number of nitrogens with zero attached hydrogens (tertiary/aromatic N) is 19. The van der Waals surface area contributed by atoms with E-state index in [9.17, 15) is 9.59 Å². The van der Waals surface area contributed by atoms with Gasteiger partial charge in [0, 0.05) is 127 Å². The molecular formula is C67H77N21O2. The number of hydrogen-bond acceptors (Lipinski definition) is 15. The Hall–Kier alpha value is -9.41. The molecule has 0 radical (unpaired) electrons. The number of nitrogens with one attached hydrogen (secondary N) is 2. The molecule has 6 saturated heterocycles. The van der Waals surface area contributed by atoms with Gasteiger partial charge in [-0.3, -0.25) is 4.40 Å². The number of anilines is 4. The standard InChI is InChI=1S/C67H77N21O2/c1-5-64(15-25-81(40-64)52-33-46(3)57-72-55(77-87(57)38-52)13-23-83-42-66(74-62(83)89)17-27-79(28-18-66)59-54-37-68-44-85(54)31-21-69-59)50-11-7-9-48(35-50)49-10-8-12-51(36-49)65(6-2)16-26-82(41-65)53-34-47(4)58-73-56(78-88(58)39-53)14-24-84-43-67(75-63(84)90)19-29-80(30-20-67)60-61-76-71-45-86(61)32-22-70-60/h7-12,21-22,31-39,44-45H,5-6,13-20,23-30,40-43H2,1-4H3,(H,74,89)(H,75,90)/t64-,65+/m1/s1. The fourth-order valence-corrected chi connectivity index (χ4v) is 15.9. The summed E-state index contributed by atoms with van der Waals surface area (Å²) in [6.07, 6.45) is 25.7. The lowest BCUT2D eigenvalue weighted by Gasteiger charge is -2.39. The minimum atomic E-state index is -0.273. The van der Waals surface area contributed by atoms with Crippen molar-refractivity contribution in [1.29, 1.82) is 0 Å². The van der Waals surface area contributed by atoms with Crippen molar-refractivity contribution in [3.05, 3.63) is 151 Å². The molecule has 90 heavy (non-hydrogen) atoms. The molecule has 0 aliphatic carbocycles. The van der Waals surface area contributed by atoms with E-state index in [0.29, 0.717) is 39.0 Å². The summed E-state index contributed by atoms with van der Waals surface area (Å²) < 4.78 is 7.80. The second-order valence-electron chi connectivity index (χ2n) is 26.6. The molecule has 0 unspecified atom stereocenters. The predicted octanol–water partition coefficient (Wildman–Crippen LogP) is 7.87. The molecule has 14 heterocycles. The average molecular weight is 1210 g/mol. The van der Waals surface area contributed by atoms with E-state index in [1.165, 1.54) is 22.3 Å². The largest absolute Gasteiger partial charge is 0.369 e. The number of imidazole rings is 1. The van der Waals surface area contributed by atoms with Crippen molar-refractivity contribution in [2.45, 2.75) is 114 Å². The summed E-state index contributed by atoms with van der Waals surface area (Å²) in [4.78, 5) is 64.0. The summed E-state index contributed by atoms with van der Waals surface area (Å²) in [6, 6.07) is 23.2. The molecule has 4 amide bonds. The molecule has 16 rings (SSSR count). The summed E-state index contributed by atoms with van der Waals surface area (Å²) in [6.45, 7) is 18.3. The van der Waals surface area contributed by atoms with Crippen molar-refractivity contribution in [3.63, 3.8) is 0 Å². The van der Waals surface area contributed by atoms with Crippen molar-refractivity contribution in [3.8, 4) is 11.1 Å². The Bertz CT molecular complexity index is 4120. The maximum absolute atomic E-state index is 13.4. The third kappa shape index (κ3) is 9.72. The lowest BCUT2D eigenvalue weighted by Crippen LogP contribution is -2.52. The number of carbonyl (C=O) groups excluding carboxylic acids is 2. The summed E-state index contributed by atoms with van der Waals surface area (Å²) in [7, 11) is 0. The molecule has 6 fully saturated rings. The number of benzene rings is 2. The van der Waals surface area contributed by atoms with Crippen molar-refractivity contribution < 1.29 is 9.59 Å². The topological polar surface area (TPSA) is 211 Å². The number of urea groups is 2. The number of piperidine rings is 2. The van der Waals surface area contributed by atoms with E-state index in [1.807, 2.05) is 52.4 Å². The maximum Gasteiger partial charge on any atom is 0.317 e. The van der Waals surface area contributed by atoms with Crippen LogP contribution in [0.1, 0.15) is 99.1 Å². The Balaban J connectivity index is 0.548. The lowest BCUT2D eigenvalue weighted by atomic mass is 9.75. The van der Waals surface area contributed by atoms with Crippen LogP contribution in [0.4, 0.5) is 32.6 Å². The first-order valence-electron chi connectivity index (χ1n) is 32.3. The van der Waals surface area contributed by atoms with E-state index in [-0.39, 0.29) is 34.0 Å². The number of rotatable bonds is 15. The first-order valence-corrected chi connectivity index (χ1v) is 32.3. The monoisotopic (exact) mass is 1210 g/mol. The molecule has 10 aromatic rings. The fourth-order valence-electron chi connectivity index (χ4n) is 15.9. The highest BCUT2D eigenvalue weighted by molar-refractivity contribution is 5.79. The van der Waals surface area contributed by atoms with Crippen molar-refractivity contribution in [2.24, 2.45) is 0 Å². The van der Waals surface area contributed by atoms with Gasteiger partial charge in [-0.15, -0.1) is 10.2 Å². The van der Waals surface area contributed by atoms with Gasteiger partial charge in [0.2, 0.25) is 5.65 Å². The molecule has 6 aliphatic heterocycles. The van der Waals surface area contributed by atoms with E-state index >= 15 is 0 Å². The Kier molecular flexibility index (Phi) is 13.5. The van der Waals surface area contributed by atoms with E-state index < -0.39 is 0 Å². The van der Waals surface area contributed by atoms with Gasteiger partial charge in [0.25, 0.3) is 0 Å². The van der Waals surface area contributed by atoms with Crippen molar-refractivity contribution in [1.82, 2.24) is 83.6 Å². The van der Waals surface area contributed by atoms with Gasteiger partial charge < -0.3 is 44.4 Å². The summed E-state index contributed by atoms with van der Waals surface area (Å²) >= 11 is 0. The van der Waals surface area contributed by atoms with Gasteiger partial charge in [-0.05, 0) is 111 Å². The fraction of sp³-hybridized carbons (Fsp3) is 0.448. The van der Waals surface area contributed by atoms with Gasteiger partial charge in [0.15, 0.2) is 34.6 Å². The number of hydrogen-bond donors (Lipinski definition) is 2. The van der Waals surface area contributed by atoms with Crippen LogP contribution >= 0.6 is 0 Å². The number of amides is 4. The normalized spacial score (nSPS) is 21.7. The highest BCUT2D eigenvalue weighted by Crippen LogP contribution is 2.44. The number of aryl methyl sites for hydroxylation is 2. The van der Waals surface area contributed by atoms with Gasteiger partial charge >= 0.3 is 12.1 Å². The minimum Gasteiger partial charge on any atom is -0.369 e. The lowest BCUT2D eigenvalue weighted by molar-refractivity contribution is 0.217. The van der Waals surface area contributed by atoms with E-state index in [0.717, 1.165) is 172 Å². The molecule has 2 atom stereocenters. The maximum atomic E-state index is 13.4. The van der Waals surface area contributed by atoms with Crippen LogP contribution in [0.25, 0.3) is 33.6 Å². The molecule has 2 spiro atoms. The zero-order chi connectivity index (χ0) is 60.9. The quantitative estimate of drug-likeness (QED) is 0.100. The van der Waals surface area contributed by atoms with Gasteiger partial charge in [-0.1, -0.05) is 62.4 Å². The Morgan fingerprint density at radius 1 is 0.544 bits per heavy atom. The van der Waals surface area contributed by atoms with Crippen LogP contribution in [-0.2, 0) is 23.7 Å². The summed E-state index contributed by atoms with van der Waals surface area (Å²) in [5.41, 5.74) is 12.7. The molecule has 0 saturated carbocycles. The summed E-state index contributed by atoms with van der Waals surface area (Å²) in [5.74, 6) is 3.26. The molecule has 8 aromatic heterocycles. The summed E-state index contributed by atoms with van der Waals surface area (Å²) in [5, 5.41) is 25.1. The minimum absolute atomic E-state index is 0.00935. The van der Waals surface area contributed by atoms with Crippen LogP contribution in [0.5, 0.6) is 0 Å². The molecule has 6 aliphatic rings. The highest BCUT2D eigenvalue weighted by Gasteiger charge is 2.47. The van der Waals surface area contributed by atoms with Crippen LogP contribution in [0.3, 0.4) is 0 Å². The third-order valence-electron chi connectivity index (χ3n) is 21.4. The molecule has 2 N–H and O–H groups in total. The van der Waals surface area contributed by atoms with E-state index in [2.05, 4.69) is 156 Å². The first-order chi connectivity index (χ1) is 43.8. The molecule has 23 heteroatoms. The molecule has 23 nitrogen and oxygen atoms in total. The van der Waals surface area contributed by atoms with Crippen LogP contribution in [0.15, 0.2) is 117 Å². The number of pyridine rings is 2. The zero-order valence-electron chi connectivity index (χ0n) is 51.8. The predicted molar refractivity (Wildman–Crippen MR) is 345 cm³/mol. The third-order valence-corrected chi connectivity index (χ3v) is 21.4. The SMILES string of the molecule is CC[C@]1(c2cccc(-c3cccc([C@]4(CC)CCN(c5cc(C)c6nc(CCN7CC8(CCN(c9nccn%10cncc9%10)CC8)NC7=O)nn6c5)C4)c3)c2)CCN(c2cc(C)c3nc(CCN4CC5(CCN(c6nccn7cnnc67)CC5)NC4=O)nn3c2)C1. The van der Waals surface area contributed by atoms with Crippen LogP contribution < -0.4 is 30.2 Å². The van der Waals surface area contributed by atoms with E-state index in [4.69, 9.17) is 20.2 Å². The van der Waals surface area contributed by atoms with E-state index in [1.54, 1.807) is 18.9 Å². The number of aromatic nitrogens is 13. The van der Waals surface area contributed by atoms with Gasteiger partial charge in [0.1, 0.15) is 11.8 Å². The van der Waals surface area contributed by atoms with Gasteiger partial charge in [-0.2, -0.15) is 10.2 Å². The van der Waals surface area contributed by atoms with Crippen LogP contribution in [-0.4, -0.2) is 175 Å². The van der Waals surface area contributed by atoms with Crippen molar-refractivity contribution >= 4 is 57.5 Å². The molecular weight excluding hydrogens is 1130 g/mol. The zero-order valence-corrected chi connectivity index (χ0v) is 51.8. The van der Waals surface area contributed by atoms with Crippen LogP contribution in [0.2, 0.25) is 0 Å². The smallest absolute Gasteiger partial charge is 0.317 e. The molecule has 2 aromatic carbocycles. The first kappa shape index (κ1) is 55.9. The van der Waals surface area contributed by atoms with Crippen LogP contribution in [0, 0.1) is 13.8 Å². The Morgan fingerprint density at radius 2 is 1.04 bits per heavy atom. The van der Waals surface area contributed by atoms with Crippen molar-refractivity contribution in [2.75, 3.05) is 98.1 Å². The molecule has 462 valence electrons. The second kappa shape index (κ2) is 21.7. The second-order valence-corrected chi connectivity index (χ2v) is 26.6. The van der Waals surface area contributed by atoms with Gasteiger partial charge in [-0.25, -0.2) is 43.5 Å². The molecule has 0 bridgehead atoms. The Labute approximate surface area is 522 Å².